The highest BCUT2D eigenvalue weighted by Crippen LogP contribution is 2.43. The van der Waals surface area contributed by atoms with Crippen LogP contribution in [0.3, 0.4) is 0 Å². The number of nitrogens with zero attached hydrogens (tertiary/aromatic N) is 5. The monoisotopic (exact) mass is 330 g/mol. The van der Waals surface area contributed by atoms with Gasteiger partial charge in [0.25, 0.3) is 0 Å². The first-order chi connectivity index (χ1) is 11.1. The van der Waals surface area contributed by atoms with Gasteiger partial charge in [0.15, 0.2) is 5.65 Å². The molecule has 0 aromatic carbocycles. The molecular weight excluding hydrogens is 308 g/mol. The van der Waals surface area contributed by atoms with Crippen molar-refractivity contribution in [2.45, 2.75) is 32.1 Å². The van der Waals surface area contributed by atoms with Gasteiger partial charge in [-0.2, -0.15) is 9.61 Å². The molecule has 0 radical (unpaired) electrons. The van der Waals surface area contributed by atoms with Gasteiger partial charge in [-0.05, 0) is 44.8 Å². The van der Waals surface area contributed by atoms with Crippen molar-refractivity contribution in [1.82, 2.24) is 24.5 Å². The fourth-order valence-electron chi connectivity index (χ4n) is 3.41. The Kier molecular flexibility index (Phi) is 3.69. The topological polar surface area (TPSA) is 58.4 Å². The molecule has 1 atom stereocenters. The van der Waals surface area contributed by atoms with E-state index in [1.807, 2.05) is 15.9 Å². The molecule has 0 aliphatic heterocycles. The van der Waals surface area contributed by atoms with Crippen molar-refractivity contribution in [2.75, 3.05) is 32.5 Å². The number of aromatic nitrogens is 4. The Balaban J connectivity index is 1.84. The first-order valence-corrected chi connectivity index (χ1v) is 9.00. The van der Waals surface area contributed by atoms with Crippen LogP contribution in [0, 0.1) is 0 Å². The molecule has 0 fully saturated rings. The summed E-state index contributed by atoms with van der Waals surface area (Å²) in [5.74, 6) is 1.38. The summed E-state index contributed by atoms with van der Waals surface area (Å²) in [5, 5.41) is 9.01. The maximum absolute atomic E-state index is 4.86. The number of rotatable bonds is 4. The molecule has 3 heterocycles. The van der Waals surface area contributed by atoms with Gasteiger partial charge in [-0.15, -0.1) is 11.3 Å². The van der Waals surface area contributed by atoms with Crippen molar-refractivity contribution >= 4 is 33.1 Å². The number of thiophene rings is 1. The minimum atomic E-state index is 0.586. The number of likely N-dealkylation sites (N-methyl/N-ethyl adjacent to an activating group) is 1. The van der Waals surface area contributed by atoms with Crippen LogP contribution in [0.2, 0.25) is 0 Å². The standard InChI is InChI=1S/C16H22N6S/c1-10-5-4-6-11-12(10)13-14-18-9-19-22(14)16(20-15(13)23-11)17-7-8-21(2)3/h9-10H,4-8H2,1-3H3,(H,17,20)/t10-/m1/s1. The average Bonchev–Trinajstić information content (AvgIpc) is 3.10. The zero-order valence-corrected chi connectivity index (χ0v) is 14.7. The molecule has 4 rings (SSSR count). The smallest absolute Gasteiger partial charge is 0.227 e. The fourth-order valence-corrected chi connectivity index (χ4v) is 4.74. The van der Waals surface area contributed by atoms with Crippen molar-refractivity contribution in [3.05, 3.63) is 16.8 Å². The fraction of sp³-hybridized carbons (Fsp3) is 0.562. The SMILES string of the molecule is C[C@@H]1CCCc2sc3nc(NCCN(C)C)n4ncnc4c3c21. The van der Waals surface area contributed by atoms with E-state index in [0.29, 0.717) is 5.92 Å². The number of nitrogens with one attached hydrogen (secondary N) is 1. The average molecular weight is 330 g/mol. The minimum Gasteiger partial charge on any atom is -0.353 e. The van der Waals surface area contributed by atoms with Gasteiger partial charge in [0.05, 0.1) is 5.39 Å². The van der Waals surface area contributed by atoms with Gasteiger partial charge in [-0.3, -0.25) is 0 Å². The Morgan fingerprint density at radius 3 is 3.13 bits per heavy atom. The van der Waals surface area contributed by atoms with Gasteiger partial charge in [-0.1, -0.05) is 6.92 Å². The third-order valence-corrected chi connectivity index (χ3v) is 5.72. The second-order valence-corrected chi connectivity index (χ2v) is 7.66. The lowest BCUT2D eigenvalue weighted by atomic mass is 9.87. The molecule has 0 amide bonds. The summed E-state index contributed by atoms with van der Waals surface area (Å²) in [5.41, 5.74) is 2.40. The highest BCUT2D eigenvalue weighted by atomic mass is 32.1. The van der Waals surface area contributed by atoms with Crippen LogP contribution in [0.25, 0.3) is 15.9 Å². The van der Waals surface area contributed by atoms with E-state index in [9.17, 15) is 0 Å². The molecule has 0 spiro atoms. The molecule has 6 nitrogen and oxygen atoms in total. The summed E-state index contributed by atoms with van der Waals surface area (Å²) >= 11 is 1.83. The van der Waals surface area contributed by atoms with E-state index in [1.54, 1.807) is 6.33 Å². The van der Waals surface area contributed by atoms with Gasteiger partial charge in [-0.25, -0.2) is 9.97 Å². The van der Waals surface area contributed by atoms with E-state index in [-0.39, 0.29) is 0 Å². The molecule has 1 N–H and O–H groups in total. The second kappa shape index (κ2) is 5.72. The van der Waals surface area contributed by atoms with Crippen molar-refractivity contribution in [3.63, 3.8) is 0 Å². The van der Waals surface area contributed by atoms with Crippen LogP contribution in [0.15, 0.2) is 6.33 Å². The predicted molar refractivity (Wildman–Crippen MR) is 94.6 cm³/mol. The maximum Gasteiger partial charge on any atom is 0.227 e. The molecule has 1 aliphatic carbocycles. The van der Waals surface area contributed by atoms with Gasteiger partial charge < -0.3 is 10.2 Å². The molecule has 122 valence electrons. The largest absolute Gasteiger partial charge is 0.353 e. The lowest BCUT2D eigenvalue weighted by molar-refractivity contribution is 0.424. The number of aryl methyl sites for hydroxylation is 1. The summed E-state index contributed by atoms with van der Waals surface area (Å²) < 4.78 is 1.85. The van der Waals surface area contributed by atoms with E-state index in [2.05, 4.69) is 41.3 Å². The first-order valence-electron chi connectivity index (χ1n) is 8.18. The van der Waals surface area contributed by atoms with Gasteiger partial charge in [0, 0.05) is 18.0 Å². The van der Waals surface area contributed by atoms with E-state index >= 15 is 0 Å². The summed E-state index contributed by atoms with van der Waals surface area (Å²) in [6.45, 7) is 4.11. The highest BCUT2D eigenvalue weighted by molar-refractivity contribution is 7.19. The van der Waals surface area contributed by atoms with Gasteiger partial charge in [0.1, 0.15) is 11.2 Å². The second-order valence-electron chi connectivity index (χ2n) is 6.57. The van der Waals surface area contributed by atoms with Gasteiger partial charge >= 0.3 is 0 Å². The zero-order valence-electron chi connectivity index (χ0n) is 13.8. The molecule has 3 aromatic heterocycles. The predicted octanol–water partition coefficient (Wildman–Crippen LogP) is 2.75. The molecule has 7 heteroatoms. The summed E-state index contributed by atoms with van der Waals surface area (Å²) in [6.07, 6.45) is 5.33. The molecule has 0 unspecified atom stereocenters. The number of anilines is 1. The molecule has 0 saturated heterocycles. The number of hydrogen-bond acceptors (Lipinski definition) is 6. The van der Waals surface area contributed by atoms with Crippen molar-refractivity contribution < 1.29 is 0 Å². The molecule has 23 heavy (non-hydrogen) atoms. The quantitative estimate of drug-likeness (QED) is 0.797. The normalized spacial score (nSPS) is 18.0. The molecular formula is C16H22N6S. The van der Waals surface area contributed by atoms with Crippen molar-refractivity contribution in [3.8, 4) is 0 Å². The van der Waals surface area contributed by atoms with E-state index < -0.39 is 0 Å². The van der Waals surface area contributed by atoms with Crippen molar-refractivity contribution in [2.24, 2.45) is 0 Å². The van der Waals surface area contributed by atoms with Gasteiger partial charge in [0.2, 0.25) is 5.95 Å². The van der Waals surface area contributed by atoms with Crippen LogP contribution in [-0.4, -0.2) is 51.7 Å². The Labute approximate surface area is 139 Å². The van der Waals surface area contributed by atoms with E-state index in [4.69, 9.17) is 4.98 Å². The van der Waals surface area contributed by atoms with Crippen LogP contribution < -0.4 is 5.32 Å². The van der Waals surface area contributed by atoms with Crippen LogP contribution >= 0.6 is 11.3 Å². The number of hydrogen-bond donors (Lipinski definition) is 1. The van der Waals surface area contributed by atoms with Crippen molar-refractivity contribution in [1.29, 1.82) is 0 Å². The molecule has 3 aromatic rings. The third-order valence-electron chi connectivity index (χ3n) is 4.56. The molecule has 1 aliphatic rings. The zero-order chi connectivity index (χ0) is 16.0. The van der Waals surface area contributed by atoms with Crippen LogP contribution in [0.5, 0.6) is 0 Å². The Bertz CT molecular complexity index is 849. The van der Waals surface area contributed by atoms with Crippen LogP contribution in [0.1, 0.15) is 36.1 Å². The summed E-state index contributed by atoms with van der Waals surface area (Å²) in [6, 6.07) is 0. The molecule has 0 saturated carbocycles. The van der Waals surface area contributed by atoms with Crippen LogP contribution in [-0.2, 0) is 6.42 Å². The third kappa shape index (κ3) is 2.48. The highest BCUT2D eigenvalue weighted by Gasteiger charge is 2.25. The van der Waals surface area contributed by atoms with E-state index in [0.717, 1.165) is 29.5 Å². The Hall–Kier alpha value is -1.73. The Morgan fingerprint density at radius 1 is 1.43 bits per heavy atom. The van der Waals surface area contributed by atoms with Crippen LogP contribution in [0.4, 0.5) is 5.95 Å². The maximum atomic E-state index is 4.86. The lowest BCUT2D eigenvalue weighted by Gasteiger charge is -2.18. The first kappa shape index (κ1) is 14.8. The summed E-state index contributed by atoms with van der Waals surface area (Å²) in [7, 11) is 4.14. The van der Waals surface area contributed by atoms with E-state index in [1.165, 1.54) is 35.1 Å². The summed E-state index contributed by atoms with van der Waals surface area (Å²) in [4.78, 5) is 14.1. The lowest BCUT2D eigenvalue weighted by Crippen LogP contribution is -2.22. The Morgan fingerprint density at radius 2 is 2.30 bits per heavy atom. The molecule has 0 bridgehead atoms. The number of fused-ring (bicyclic) bond motifs is 5. The minimum absolute atomic E-state index is 0.586.